The zero-order valence-electron chi connectivity index (χ0n) is 18.5. The minimum atomic E-state index is -0.213. The van der Waals surface area contributed by atoms with Crippen molar-refractivity contribution in [3.05, 3.63) is 53.1 Å². The van der Waals surface area contributed by atoms with Crippen LogP contribution in [-0.2, 0) is 4.79 Å². The predicted octanol–water partition coefficient (Wildman–Crippen LogP) is 4.02. The largest absolute Gasteiger partial charge is 0.454 e. The molecule has 0 spiro atoms. The molecule has 1 saturated heterocycles. The van der Waals surface area contributed by atoms with Crippen molar-refractivity contribution in [1.82, 2.24) is 9.80 Å². The number of amides is 2. The van der Waals surface area contributed by atoms with Crippen LogP contribution in [0.4, 0.5) is 5.69 Å². The number of carbonyl (C=O) groups is 2. The van der Waals surface area contributed by atoms with Gasteiger partial charge in [-0.2, -0.15) is 0 Å². The highest BCUT2D eigenvalue weighted by molar-refractivity contribution is 6.33. The monoisotopic (exact) mass is 469 g/mol. The fourth-order valence-electron chi connectivity index (χ4n) is 5.15. The van der Waals surface area contributed by atoms with Crippen molar-refractivity contribution in [1.29, 1.82) is 0 Å². The highest BCUT2D eigenvalue weighted by atomic mass is 35.5. The Morgan fingerprint density at radius 2 is 1.70 bits per heavy atom. The number of halogens is 1. The van der Waals surface area contributed by atoms with Crippen molar-refractivity contribution >= 4 is 29.1 Å². The molecule has 8 heteroatoms. The third-order valence-corrected chi connectivity index (χ3v) is 7.18. The van der Waals surface area contributed by atoms with E-state index < -0.39 is 0 Å². The zero-order chi connectivity index (χ0) is 22.8. The topological polar surface area (TPSA) is 71.1 Å². The van der Waals surface area contributed by atoms with Crippen LogP contribution in [0.2, 0.25) is 5.02 Å². The van der Waals surface area contributed by atoms with Crippen LogP contribution >= 0.6 is 11.6 Å². The van der Waals surface area contributed by atoms with Crippen molar-refractivity contribution in [2.45, 2.75) is 31.7 Å². The van der Waals surface area contributed by atoms with Gasteiger partial charge in [0, 0.05) is 37.9 Å². The Kier molecular flexibility index (Phi) is 6.42. The summed E-state index contributed by atoms with van der Waals surface area (Å²) in [5, 5.41) is 3.57. The van der Waals surface area contributed by atoms with E-state index in [1.165, 1.54) is 0 Å². The molecule has 33 heavy (non-hydrogen) atoms. The second-order valence-corrected chi connectivity index (χ2v) is 9.26. The average Bonchev–Trinajstić information content (AvgIpc) is 3.52. The van der Waals surface area contributed by atoms with E-state index in [4.69, 9.17) is 21.1 Å². The molecule has 7 nitrogen and oxygen atoms in total. The van der Waals surface area contributed by atoms with Crippen molar-refractivity contribution in [2.75, 3.05) is 38.3 Å². The maximum absolute atomic E-state index is 13.5. The molecule has 2 aromatic carbocycles. The van der Waals surface area contributed by atoms with Gasteiger partial charge >= 0.3 is 0 Å². The lowest BCUT2D eigenvalue weighted by Gasteiger charge is -2.40. The van der Waals surface area contributed by atoms with E-state index in [0.29, 0.717) is 59.9 Å². The van der Waals surface area contributed by atoms with Gasteiger partial charge in [-0.15, -0.1) is 0 Å². The number of benzene rings is 2. The van der Waals surface area contributed by atoms with Gasteiger partial charge in [-0.25, -0.2) is 0 Å². The van der Waals surface area contributed by atoms with E-state index in [9.17, 15) is 9.59 Å². The van der Waals surface area contributed by atoms with Gasteiger partial charge in [-0.1, -0.05) is 36.6 Å². The van der Waals surface area contributed by atoms with E-state index in [-0.39, 0.29) is 24.6 Å². The molecule has 3 aliphatic rings. The predicted molar refractivity (Wildman–Crippen MR) is 126 cm³/mol. The minimum absolute atomic E-state index is 0.00615. The lowest BCUT2D eigenvalue weighted by molar-refractivity contribution is -0.123. The molecule has 2 fully saturated rings. The summed E-state index contributed by atoms with van der Waals surface area (Å²) in [4.78, 5) is 30.5. The van der Waals surface area contributed by atoms with Crippen molar-refractivity contribution in [2.24, 2.45) is 5.92 Å². The summed E-state index contributed by atoms with van der Waals surface area (Å²) in [7, 11) is 0. The first kappa shape index (κ1) is 22.0. The molecule has 2 amide bonds. The molecular weight excluding hydrogens is 442 g/mol. The molecule has 1 atom stereocenters. The maximum atomic E-state index is 13.5. The minimum Gasteiger partial charge on any atom is -0.454 e. The number of hydrogen-bond acceptors (Lipinski definition) is 5. The summed E-state index contributed by atoms with van der Waals surface area (Å²) in [6.07, 6.45) is 4.42. The van der Waals surface area contributed by atoms with Gasteiger partial charge in [0.1, 0.15) is 0 Å². The summed E-state index contributed by atoms with van der Waals surface area (Å²) < 4.78 is 10.8. The van der Waals surface area contributed by atoms with Crippen LogP contribution in [0.3, 0.4) is 0 Å². The standard InChI is InChI=1S/C25H28ClN3O4/c26-20-8-4-3-7-19(20)25(31)29-13-11-28(12-14-29)23(17-5-1-2-6-17)24(30)27-18-9-10-21-22(15-18)33-16-32-21/h3-4,7-10,15,17,23H,1-2,5-6,11-14,16H2,(H,27,30). The maximum Gasteiger partial charge on any atom is 0.255 e. The number of fused-ring (bicyclic) bond motifs is 1. The van der Waals surface area contributed by atoms with Crippen LogP contribution in [0.25, 0.3) is 0 Å². The normalized spacial score (nSPS) is 19.5. The first-order valence-corrected chi connectivity index (χ1v) is 12.0. The number of ether oxygens (including phenoxy) is 2. The Morgan fingerprint density at radius 3 is 2.45 bits per heavy atom. The highest BCUT2D eigenvalue weighted by Crippen LogP contribution is 2.35. The highest BCUT2D eigenvalue weighted by Gasteiger charge is 2.37. The molecule has 1 aliphatic carbocycles. The van der Waals surface area contributed by atoms with Crippen LogP contribution in [0, 0.1) is 5.92 Å². The van der Waals surface area contributed by atoms with Crippen molar-refractivity contribution in [3.63, 3.8) is 0 Å². The summed E-state index contributed by atoms with van der Waals surface area (Å²) >= 11 is 6.23. The van der Waals surface area contributed by atoms with E-state index in [1.807, 2.05) is 35.2 Å². The molecule has 1 N–H and O–H groups in total. The molecule has 2 aliphatic heterocycles. The fraction of sp³-hybridized carbons (Fsp3) is 0.440. The molecule has 0 radical (unpaired) electrons. The van der Waals surface area contributed by atoms with Crippen molar-refractivity contribution < 1.29 is 19.1 Å². The van der Waals surface area contributed by atoms with Crippen LogP contribution in [0.1, 0.15) is 36.0 Å². The van der Waals surface area contributed by atoms with Crippen LogP contribution in [0.15, 0.2) is 42.5 Å². The Labute approximate surface area is 198 Å². The van der Waals surface area contributed by atoms with Gasteiger partial charge in [-0.05, 0) is 43.0 Å². The van der Waals surface area contributed by atoms with Crippen molar-refractivity contribution in [3.8, 4) is 11.5 Å². The van der Waals surface area contributed by atoms with Gasteiger partial charge in [0.2, 0.25) is 12.7 Å². The number of nitrogens with one attached hydrogen (secondary N) is 1. The number of rotatable bonds is 5. The van der Waals surface area contributed by atoms with Gasteiger partial charge in [-0.3, -0.25) is 14.5 Å². The second-order valence-electron chi connectivity index (χ2n) is 8.85. The second kappa shape index (κ2) is 9.61. The molecule has 5 rings (SSSR count). The lowest BCUT2D eigenvalue weighted by atomic mass is 9.94. The molecule has 174 valence electrons. The first-order valence-electron chi connectivity index (χ1n) is 11.6. The number of anilines is 1. The molecule has 2 aromatic rings. The number of nitrogens with zero attached hydrogens (tertiary/aromatic N) is 2. The van der Waals surface area contributed by atoms with Gasteiger partial charge in [0.05, 0.1) is 16.6 Å². The van der Waals surface area contributed by atoms with E-state index in [0.717, 1.165) is 25.7 Å². The van der Waals surface area contributed by atoms with Gasteiger partial charge in [0.15, 0.2) is 11.5 Å². The molecule has 1 unspecified atom stereocenters. The number of hydrogen-bond donors (Lipinski definition) is 1. The van der Waals surface area contributed by atoms with Gasteiger partial charge in [0.25, 0.3) is 5.91 Å². The van der Waals surface area contributed by atoms with Crippen LogP contribution in [0.5, 0.6) is 11.5 Å². The Bertz CT molecular complexity index is 1030. The average molecular weight is 470 g/mol. The van der Waals surface area contributed by atoms with Crippen LogP contribution < -0.4 is 14.8 Å². The third kappa shape index (κ3) is 4.66. The van der Waals surface area contributed by atoms with E-state index >= 15 is 0 Å². The van der Waals surface area contributed by atoms with Crippen LogP contribution in [-0.4, -0.2) is 60.6 Å². The summed E-state index contributed by atoms with van der Waals surface area (Å²) in [5.74, 6) is 1.62. The fourth-order valence-corrected chi connectivity index (χ4v) is 5.37. The molecule has 0 bridgehead atoms. The number of carbonyl (C=O) groups excluding carboxylic acids is 2. The van der Waals surface area contributed by atoms with E-state index in [2.05, 4.69) is 10.2 Å². The quantitative estimate of drug-likeness (QED) is 0.716. The lowest BCUT2D eigenvalue weighted by Crippen LogP contribution is -2.57. The number of piperazine rings is 1. The smallest absolute Gasteiger partial charge is 0.255 e. The molecule has 2 heterocycles. The summed E-state index contributed by atoms with van der Waals surface area (Å²) in [5.41, 5.74) is 1.24. The SMILES string of the molecule is O=C(Nc1ccc2c(c1)OCO2)C(C1CCCC1)N1CCN(C(=O)c2ccccc2Cl)CC1. The zero-order valence-corrected chi connectivity index (χ0v) is 19.2. The Morgan fingerprint density at radius 1 is 0.970 bits per heavy atom. The Balaban J connectivity index is 1.27. The molecule has 1 saturated carbocycles. The van der Waals surface area contributed by atoms with E-state index in [1.54, 1.807) is 12.1 Å². The van der Waals surface area contributed by atoms with Gasteiger partial charge < -0.3 is 19.7 Å². The third-order valence-electron chi connectivity index (χ3n) is 6.85. The first-order chi connectivity index (χ1) is 16.1. The summed E-state index contributed by atoms with van der Waals surface area (Å²) in [6.45, 7) is 2.67. The molecular formula is C25H28ClN3O4. The Hall–Kier alpha value is -2.77. The summed E-state index contributed by atoms with van der Waals surface area (Å²) in [6, 6.07) is 12.4. The molecule has 0 aromatic heterocycles.